The number of hydrazone groups is 1. The van der Waals surface area contributed by atoms with Gasteiger partial charge in [0.2, 0.25) is 5.91 Å². The van der Waals surface area contributed by atoms with E-state index in [1.165, 1.54) is 29.7 Å². The molecule has 1 amide bonds. The van der Waals surface area contributed by atoms with Crippen molar-refractivity contribution in [3.05, 3.63) is 51.0 Å². The van der Waals surface area contributed by atoms with E-state index in [9.17, 15) is 14.9 Å². The molecule has 0 fully saturated rings. The number of nitrogens with two attached hydrogens (primary N) is 1. The van der Waals surface area contributed by atoms with Gasteiger partial charge >= 0.3 is 0 Å². The number of thiazole rings is 1. The van der Waals surface area contributed by atoms with Gasteiger partial charge in [0.1, 0.15) is 0 Å². The fraction of sp³-hybridized carbons (Fsp3) is 0.0833. The molecule has 0 bridgehead atoms. The summed E-state index contributed by atoms with van der Waals surface area (Å²) in [6, 6.07) is 6.10. The van der Waals surface area contributed by atoms with Crippen molar-refractivity contribution >= 4 is 34.3 Å². The molecule has 2 aromatic rings. The second-order valence-electron chi connectivity index (χ2n) is 3.96. The van der Waals surface area contributed by atoms with E-state index >= 15 is 0 Å². The Hall–Kier alpha value is -2.81. The lowest BCUT2D eigenvalue weighted by molar-refractivity contribution is -0.385. The predicted octanol–water partition coefficient (Wildman–Crippen LogP) is 1.33. The van der Waals surface area contributed by atoms with Crippen LogP contribution in [-0.2, 0) is 11.2 Å². The van der Waals surface area contributed by atoms with Crippen LogP contribution in [0.4, 0.5) is 10.8 Å². The third kappa shape index (κ3) is 4.08. The molecule has 0 aliphatic rings. The van der Waals surface area contributed by atoms with Gasteiger partial charge in [-0.3, -0.25) is 14.9 Å². The molecule has 108 valence electrons. The number of amides is 1. The van der Waals surface area contributed by atoms with Crippen molar-refractivity contribution < 1.29 is 9.72 Å². The molecule has 0 saturated heterocycles. The highest BCUT2D eigenvalue weighted by molar-refractivity contribution is 7.13. The molecule has 0 saturated carbocycles. The number of nitro benzene ring substituents is 1. The molecule has 0 aliphatic carbocycles. The second kappa shape index (κ2) is 6.57. The fourth-order valence-electron chi connectivity index (χ4n) is 1.54. The lowest BCUT2D eigenvalue weighted by atomic mass is 10.2. The average molecular weight is 305 g/mol. The van der Waals surface area contributed by atoms with Crippen molar-refractivity contribution in [2.24, 2.45) is 5.10 Å². The third-order valence-corrected chi connectivity index (χ3v) is 3.16. The summed E-state index contributed by atoms with van der Waals surface area (Å²) in [5, 5.41) is 16.6. The van der Waals surface area contributed by atoms with Gasteiger partial charge < -0.3 is 5.73 Å². The second-order valence-corrected chi connectivity index (χ2v) is 4.85. The number of nitrogen functional groups attached to an aromatic ring is 1. The zero-order chi connectivity index (χ0) is 15.2. The summed E-state index contributed by atoms with van der Waals surface area (Å²) in [5.41, 5.74) is 8.52. The minimum atomic E-state index is -0.513. The van der Waals surface area contributed by atoms with Crippen LogP contribution < -0.4 is 11.2 Å². The van der Waals surface area contributed by atoms with E-state index in [4.69, 9.17) is 5.73 Å². The summed E-state index contributed by atoms with van der Waals surface area (Å²) in [6.45, 7) is 0. The Bertz CT molecular complexity index is 698. The fourth-order valence-corrected chi connectivity index (χ4v) is 2.11. The van der Waals surface area contributed by atoms with Crippen LogP contribution in [0.1, 0.15) is 11.3 Å². The largest absolute Gasteiger partial charge is 0.375 e. The molecule has 0 aliphatic heterocycles. The quantitative estimate of drug-likeness (QED) is 0.490. The van der Waals surface area contributed by atoms with E-state index in [1.54, 1.807) is 17.5 Å². The smallest absolute Gasteiger partial charge is 0.278 e. The average Bonchev–Trinajstić information content (AvgIpc) is 2.84. The van der Waals surface area contributed by atoms with Gasteiger partial charge in [0, 0.05) is 11.4 Å². The van der Waals surface area contributed by atoms with Crippen LogP contribution in [0.3, 0.4) is 0 Å². The van der Waals surface area contributed by atoms with E-state index in [-0.39, 0.29) is 18.0 Å². The van der Waals surface area contributed by atoms with Crippen molar-refractivity contribution in [3.63, 3.8) is 0 Å². The van der Waals surface area contributed by atoms with Crippen LogP contribution in [0, 0.1) is 10.1 Å². The molecule has 0 unspecified atom stereocenters. The molecule has 1 heterocycles. The summed E-state index contributed by atoms with van der Waals surface area (Å²) in [7, 11) is 0. The molecule has 3 N–H and O–H groups in total. The number of hydrogen-bond donors (Lipinski definition) is 2. The number of nitrogens with zero attached hydrogens (tertiary/aromatic N) is 3. The van der Waals surface area contributed by atoms with E-state index < -0.39 is 4.92 Å². The van der Waals surface area contributed by atoms with E-state index in [2.05, 4.69) is 15.5 Å². The molecule has 1 aromatic heterocycles. The van der Waals surface area contributed by atoms with E-state index in [0.717, 1.165) is 0 Å². The minimum Gasteiger partial charge on any atom is -0.375 e. The Morgan fingerprint density at radius 3 is 2.95 bits per heavy atom. The van der Waals surface area contributed by atoms with Gasteiger partial charge in [-0.2, -0.15) is 5.10 Å². The molecular formula is C12H11N5O3S. The van der Waals surface area contributed by atoms with Crippen LogP contribution >= 0.6 is 11.3 Å². The molecule has 1 aromatic carbocycles. The van der Waals surface area contributed by atoms with Gasteiger partial charge in [-0.15, -0.1) is 11.3 Å². The van der Waals surface area contributed by atoms with Crippen LogP contribution in [0.25, 0.3) is 0 Å². The highest BCUT2D eigenvalue weighted by atomic mass is 32.1. The van der Waals surface area contributed by atoms with Gasteiger partial charge in [0.25, 0.3) is 5.69 Å². The molecule has 0 radical (unpaired) electrons. The van der Waals surface area contributed by atoms with Crippen molar-refractivity contribution in [2.75, 3.05) is 5.73 Å². The molecule has 8 nitrogen and oxygen atoms in total. The van der Waals surface area contributed by atoms with Crippen LogP contribution in [-0.4, -0.2) is 22.0 Å². The molecule has 21 heavy (non-hydrogen) atoms. The Balaban J connectivity index is 1.96. The van der Waals surface area contributed by atoms with Gasteiger partial charge in [-0.05, 0) is 6.07 Å². The van der Waals surface area contributed by atoms with Crippen LogP contribution in [0.5, 0.6) is 0 Å². The Morgan fingerprint density at radius 1 is 1.52 bits per heavy atom. The number of nitro groups is 1. The van der Waals surface area contributed by atoms with Crippen molar-refractivity contribution in [3.8, 4) is 0 Å². The predicted molar refractivity (Wildman–Crippen MR) is 79.1 cm³/mol. The highest BCUT2D eigenvalue weighted by Crippen LogP contribution is 2.15. The van der Waals surface area contributed by atoms with Crippen LogP contribution in [0.2, 0.25) is 0 Å². The summed E-state index contributed by atoms with van der Waals surface area (Å²) in [5.74, 6) is -0.380. The van der Waals surface area contributed by atoms with Crippen molar-refractivity contribution in [2.45, 2.75) is 6.42 Å². The highest BCUT2D eigenvalue weighted by Gasteiger charge is 2.10. The first-order chi connectivity index (χ1) is 10.1. The lowest BCUT2D eigenvalue weighted by Gasteiger charge is -1.98. The van der Waals surface area contributed by atoms with Gasteiger partial charge in [0.05, 0.1) is 28.8 Å². The first-order valence-electron chi connectivity index (χ1n) is 5.81. The van der Waals surface area contributed by atoms with E-state index in [1.807, 2.05) is 0 Å². The zero-order valence-electron chi connectivity index (χ0n) is 10.7. The monoisotopic (exact) mass is 305 g/mol. The number of anilines is 1. The van der Waals surface area contributed by atoms with Gasteiger partial charge in [-0.25, -0.2) is 10.4 Å². The maximum Gasteiger partial charge on any atom is 0.278 e. The van der Waals surface area contributed by atoms with Crippen molar-refractivity contribution in [1.82, 2.24) is 10.4 Å². The number of nitrogens with one attached hydrogen (secondary N) is 1. The topological polar surface area (TPSA) is 124 Å². The van der Waals surface area contributed by atoms with Crippen LogP contribution in [0.15, 0.2) is 34.7 Å². The number of benzene rings is 1. The summed E-state index contributed by atoms with van der Waals surface area (Å²) >= 11 is 1.25. The number of aromatic nitrogens is 1. The Kier molecular flexibility index (Phi) is 4.57. The normalized spacial score (nSPS) is 10.7. The zero-order valence-corrected chi connectivity index (χ0v) is 11.5. The first-order valence-corrected chi connectivity index (χ1v) is 6.69. The summed E-state index contributed by atoms with van der Waals surface area (Å²) in [4.78, 5) is 25.8. The minimum absolute atomic E-state index is 0.0436. The van der Waals surface area contributed by atoms with E-state index in [0.29, 0.717) is 16.4 Å². The molecule has 9 heteroatoms. The number of rotatable bonds is 5. The SMILES string of the molecule is Nc1nc(CC(=O)NN=Cc2ccccc2[N+](=O)[O-])cs1. The number of carbonyl (C=O) groups excluding carboxylic acids is 1. The van der Waals surface area contributed by atoms with Gasteiger partial charge in [0.15, 0.2) is 5.13 Å². The molecule has 2 rings (SSSR count). The maximum atomic E-state index is 11.6. The molecular weight excluding hydrogens is 294 g/mol. The number of hydrogen-bond acceptors (Lipinski definition) is 7. The van der Waals surface area contributed by atoms with Gasteiger partial charge in [-0.1, -0.05) is 12.1 Å². The lowest BCUT2D eigenvalue weighted by Crippen LogP contribution is -2.20. The maximum absolute atomic E-state index is 11.6. The Labute approximate surface area is 123 Å². The Morgan fingerprint density at radius 2 is 2.29 bits per heavy atom. The standard InChI is InChI=1S/C12H11N5O3S/c13-12-15-9(7-21-12)5-11(18)16-14-6-8-3-1-2-4-10(8)17(19)20/h1-4,6-7H,5H2,(H2,13,15)(H,16,18). The molecule has 0 atom stereocenters. The third-order valence-electron chi connectivity index (χ3n) is 2.44. The van der Waals surface area contributed by atoms with Crippen molar-refractivity contribution in [1.29, 1.82) is 0 Å². The summed E-state index contributed by atoms with van der Waals surface area (Å²) < 4.78 is 0. The first kappa shape index (κ1) is 14.6. The molecule has 0 spiro atoms. The number of carbonyl (C=O) groups is 1. The number of para-hydroxylation sites is 1. The summed E-state index contributed by atoms with van der Waals surface area (Å²) in [6.07, 6.45) is 1.27.